The summed E-state index contributed by atoms with van der Waals surface area (Å²) >= 11 is 1.77. The van der Waals surface area contributed by atoms with Gasteiger partial charge in [0, 0.05) is 28.8 Å². The Kier molecular flexibility index (Phi) is 7.69. The van der Waals surface area contributed by atoms with Crippen molar-refractivity contribution in [1.82, 2.24) is 0 Å². The topological polar surface area (TPSA) is 15.7 Å². The van der Waals surface area contributed by atoms with E-state index in [1.807, 2.05) is 6.07 Å². The van der Waals surface area contributed by atoms with Crippen molar-refractivity contribution in [2.45, 2.75) is 15.2 Å². The summed E-state index contributed by atoms with van der Waals surface area (Å²) in [5, 5.41) is 0. The van der Waals surface area contributed by atoms with Crippen LogP contribution in [0.3, 0.4) is 0 Å². The SMILES string of the molecule is c1ccc(N(c2ccccc2)c2cc3c(c(N(c4ccccc4)c4ccc5c(c4)C4(c6ccccc6-c6ccccc64)c4ccccc4-5)c2)Sc2ccccc2O3)cc1. The Labute approximate surface area is 348 Å². The first-order valence-corrected chi connectivity index (χ1v) is 20.9. The Balaban J connectivity index is 1.14. The fourth-order valence-electron chi connectivity index (χ4n) is 9.72. The molecule has 0 saturated carbocycles. The second kappa shape index (κ2) is 13.4. The van der Waals surface area contributed by atoms with Gasteiger partial charge in [-0.05, 0) is 111 Å². The molecule has 0 atom stereocenters. The van der Waals surface area contributed by atoms with Crippen LogP contribution in [-0.4, -0.2) is 0 Å². The Morgan fingerprint density at radius 3 is 1.39 bits per heavy atom. The molecule has 0 aromatic heterocycles. The number of para-hydroxylation sites is 4. The Hall–Kier alpha value is -7.27. The van der Waals surface area contributed by atoms with Crippen LogP contribution in [0.15, 0.2) is 228 Å². The molecule has 0 unspecified atom stereocenters. The molecule has 12 rings (SSSR count). The van der Waals surface area contributed by atoms with Crippen molar-refractivity contribution in [3.8, 4) is 33.8 Å². The lowest BCUT2D eigenvalue weighted by Crippen LogP contribution is -2.26. The van der Waals surface area contributed by atoms with Crippen LogP contribution in [0.2, 0.25) is 0 Å². The third-order valence-corrected chi connectivity index (χ3v) is 13.3. The molecular weight excluding hydrogens is 737 g/mol. The molecule has 3 aliphatic rings. The van der Waals surface area contributed by atoms with Crippen LogP contribution in [0.25, 0.3) is 22.3 Å². The summed E-state index contributed by atoms with van der Waals surface area (Å²) in [6.45, 7) is 0. The van der Waals surface area contributed by atoms with Gasteiger partial charge in [0.1, 0.15) is 11.5 Å². The van der Waals surface area contributed by atoms with E-state index in [4.69, 9.17) is 4.74 Å². The third kappa shape index (κ3) is 5.10. The van der Waals surface area contributed by atoms with Gasteiger partial charge in [-0.2, -0.15) is 0 Å². The van der Waals surface area contributed by atoms with E-state index in [9.17, 15) is 0 Å². The molecule has 1 aliphatic heterocycles. The average Bonchev–Trinajstić information content (AvgIpc) is 3.77. The number of ether oxygens (including phenoxy) is 1. The van der Waals surface area contributed by atoms with Crippen LogP contribution in [0.1, 0.15) is 22.3 Å². The first kappa shape index (κ1) is 33.8. The highest BCUT2D eigenvalue weighted by Crippen LogP contribution is 2.64. The van der Waals surface area contributed by atoms with E-state index in [0.29, 0.717) is 0 Å². The minimum absolute atomic E-state index is 0.465. The van der Waals surface area contributed by atoms with E-state index >= 15 is 0 Å². The van der Waals surface area contributed by atoms with Crippen LogP contribution in [0, 0.1) is 0 Å². The number of benzene rings is 9. The smallest absolute Gasteiger partial charge is 0.145 e. The van der Waals surface area contributed by atoms with E-state index in [0.717, 1.165) is 55.4 Å². The molecule has 2 aliphatic carbocycles. The number of rotatable bonds is 6. The zero-order chi connectivity index (χ0) is 38.9. The van der Waals surface area contributed by atoms with Gasteiger partial charge in [0.2, 0.25) is 0 Å². The van der Waals surface area contributed by atoms with E-state index in [1.54, 1.807) is 11.8 Å². The molecule has 3 nitrogen and oxygen atoms in total. The summed E-state index contributed by atoms with van der Waals surface area (Å²) in [5.74, 6) is 1.68. The maximum Gasteiger partial charge on any atom is 0.145 e. The predicted molar refractivity (Wildman–Crippen MR) is 243 cm³/mol. The van der Waals surface area contributed by atoms with Gasteiger partial charge in [0.25, 0.3) is 0 Å². The van der Waals surface area contributed by atoms with Gasteiger partial charge in [-0.25, -0.2) is 0 Å². The highest BCUT2D eigenvalue weighted by atomic mass is 32.2. The second-order valence-electron chi connectivity index (χ2n) is 15.2. The molecule has 1 spiro atoms. The molecule has 0 saturated heterocycles. The lowest BCUT2D eigenvalue weighted by Gasteiger charge is -2.34. The van der Waals surface area contributed by atoms with E-state index in [2.05, 4.69) is 222 Å². The molecular formula is C55H36N2OS. The van der Waals surface area contributed by atoms with Crippen LogP contribution >= 0.6 is 11.8 Å². The minimum atomic E-state index is -0.465. The zero-order valence-corrected chi connectivity index (χ0v) is 32.8. The molecule has 9 aromatic carbocycles. The quantitative estimate of drug-likeness (QED) is 0.167. The Morgan fingerprint density at radius 2 is 0.814 bits per heavy atom. The fraction of sp³-hybridized carbons (Fsp3) is 0.0182. The van der Waals surface area contributed by atoms with Gasteiger partial charge in [-0.15, -0.1) is 0 Å². The van der Waals surface area contributed by atoms with Crippen molar-refractivity contribution >= 4 is 45.9 Å². The van der Waals surface area contributed by atoms with E-state index in [1.165, 1.54) is 44.5 Å². The summed E-state index contributed by atoms with van der Waals surface area (Å²) in [5.41, 5.74) is 16.3. The molecule has 0 radical (unpaired) electrons. The Morgan fingerprint density at radius 1 is 0.339 bits per heavy atom. The summed E-state index contributed by atoms with van der Waals surface area (Å²) in [6.07, 6.45) is 0. The fourth-order valence-corrected chi connectivity index (χ4v) is 10.8. The van der Waals surface area contributed by atoms with Gasteiger partial charge in [0.05, 0.1) is 26.6 Å². The lowest BCUT2D eigenvalue weighted by molar-refractivity contribution is 0.455. The Bertz CT molecular complexity index is 2970. The van der Waals surface area contributed by atoms with Gasteiger partial charge in [-0.1, -0.05) is 157 Å². The molecule has 0 fully saturated rings. The van der Waals surface area contributed by atoms with Crippen LogP contribution < -0.4 is 14.5 Å². The van der Waals surface area contributed by atoms with E-state index < -0.39 is 5.41 Å². The molecule has 0 amide bonds. The highest BCUT2D eigenvalue weighted by Gasteiger charge is 2.51. The van der Waals surface area contributed by atoms with Gasteiger partial charge in [-0.3, -0.25) is 0 Å². The largest absolute Gasteiger partial charge is 0.455 e. The molecule has 4 heteroatoms. The van der Waals surface area contributed by atoms with Crippen molar-refractivity contribution in [1.29, 1.82) is 0 Å². The number of fused-ring (bicyclic) bond motifs is 12. The van der Waals surface area contributed by atoms with Crippen molar-refractivity contribution in [3.05, 3.63) is 241 Å². The van der Waals surface area contributed by atoms with Crippen LogP contribution in [0.5, 0.6) is 11.5 Å². The standard InChI is InChI=1S/C55H36N2OS/c1-4-18-37(19-5-1)56(38-20-6-2-7-21-38)41-35-50(54-52(36-41)58-51-30-16-17-31-53(51)59-54)57(39-22-8-3-9-23-39)40-32-33-45-44-26-12-15-29-48(44)55(49(45)34-40)46-27-13-10-24-42(46)43-25-11-14-28-47(43)55/h1-36H. The first-order valence-electron chi connectivity index (χ1n) is 20.1. The molecule has 59 heavy (non-hydrogen) atoms. The molecule has 9 aromatic rings. The van der Waals surface area contributed by atoms with Crippen LogP contribution in [-0.2, 0) is 5.41 Å². The number of hydrogen-bond donors (Lipinski definition) is 0. The monoisotopic (exact) mass is 772 g/mol. The van der Waals surface area contributed by atoms with Crippen molar-refractivity contribution in [2.75, 3.05) is 9.80 Å². The third-order valence-electron chi connectivity index (χ3n) is 12.1. The predicted octanol–water partition coefficient (Wildman–Crippen LogP) is 15.2. The summed E-state index contributed by atoms with van der Waals surface area (Å²) in [7, 11) is 0. The van der Waals surface area contributed by atoms with Gasteiger partial charge < -0.3 is 14.5 Å². The first-order chi connectivity index (χ1) is 29.3. The highest BCUT2D eigenvalue weighted by molar-refractivity contribution is 7.99. The van der Waals surface area contributed by atoms with Crippen molar-refractivity contribution in [3.63, 3.8) is 0 Å². The maximum atomic E-state index is 6.90. The maximum absolute atomic E-state index is 6.90. The van der Waals surface area contributed by atoms with Crippen molar-refractivity contribution in [2.24, 2.45) is 0 Å². The minimum Gasteiger partial charge on any atom is -0.455 e. The number of hydrogen-bond acceptors (Lipinski definition) is 4. The summed E-state index contributed by atoms with van der Waals surface area (Å²) in [6, 6.07) is 79.0. The van der Waals surface area contributed by atoms with Crippen molar-refractivity contribution < 1.29 is 4.74 Å². The average molecular weight is 773 g/mol. The molecule has 1 heterocycles. The number of anilines is 6. The zero-order valence-electron chi connectivity index (χ0n) is 32.0. The van der Waals surface area contributed by atoms with Gasteiger partial charge >= 0.3 is 0 Å². The molecule has 0 N–H and O–H groups in total. The lowest BCUT2D eigenvalue weighted by atomic mass is 9.70. The van der Waals surface area contributed by atoms with Crippen LogP contribution in [0.4, 0.5) is 34.1 Å². The molecule has 0 bridgehead atoms. The number of nitrogens with zero attached hydrogens (tertiary/aromatic N) is 2. The summed E-state index contributed by atoms with van der Waals surface area (Å²) in [4.78, 5) is 6.91. The van der Waals surface area contributed by atoms with Gasteiger partial charge in [0.15, 0.2) is 0 Å². The summed E-state index contributed by atoms with van der Waals surface area (Å²) < 4.78 is 6.90. The molecule has 278 valence electrons. The van der Waals surface area contributed by atoms with E-state index in [-0.39, 0.29) is 0 Å². The normalized spacial score (nSPS) is 13.3. The second-order valence-corrected chi connectivity index (χ2v) is 16.3.